The number of hydrogen-bond donors (Lipinski definition) is 2. The molecule has 2 amide bonds. The molecule has 1 aromatic carbocycles. The van der Waals surface area contributed by atoms with Gasteiger partial charge in [0.1, 0.15) is 0 Å². The van der Waals surface area contributed by atoms with Gasteiger partial charge in [-0.15, -0.1) is 0 Å². The molecule has 0 saturated carbocycles. The molecule has 4 heteroatoms. The molecule has 4 nitrogen and oxygen atoms in total. The van der Waals surface area contributed by atoms with E-state index in [4.69, 9.17) is 0 Å². The minimum absolute atomic E-state index is 0.0937. The number of piperidine rings is 1. The number of benzene rings is 1. The van der Waals surface area contributed by atoms with Crippen LogP contribution in [0.3, 0.4) is 0 Å². The van der Waals surface area contributed by atoms with Gasteiger partial charge in [0.15, 0.2) is 0 Å². The van der Waals surface area contributed by atoms with Crippen LogP contribution in [0.1, 0.15) is 38.7 Å². The molecular formula is C17H27N3O. The van der Waals surface area contributed by atoms with Crippen LogP contribution < -0.4 is 15.5 Å². The van der Waals surface area contributed by atoms with Crippen LogP contribution in [-0.2, 0) is 6.54 Å². The highest BCUT2D eigenvalue weighted by molar-refractivity contribution is 5.73. The molecule has 1 aliphatic heterocycles. The molecule has 0 aromatic heterocycles. The maximum absolute atomic E-state index is 11.6. The summed E-state index contributed by atoms with van der Waals surface area (Å²) >= 11 is 0. The van der Waals surface area contributed by atoms with E-state index in [9.17, 15) is 4.79 Å². The van der Waals surface area contributed by atoms with Gasteiger partial charge in [0, 0.05) is 31.9 Å². The van der Waals surface area contributed by atoms with Gasteiger partial charge >= 0.3 is 6.03 Å². The van der Waals surface area contributed by atoms with Crippen LogP contribution in [0.2, 0.25) is 0 Å². The number of urea groups is 1. The van der Waals surface area contributed by atoms with Crippen LogP contribution in [0.5, 0.6) is 0 Å². The molecule has 0 spiro atoms. The first-order valence-electron chi connectivity index (χ1n) is 8.01. The summed E-state index contributed by atoms with van der Waals surface area (Å²) in [5, 5.41) is 5.75. The zero-order valence-electron chi connectivity index (χ0n) is 13.2. The maximum atomic E-state index is 11.6. The Morgan fingerprint density at radius 3 is 2.38 bits per heavy atom. The fourth-order valence-corrected chi connectivity index (χ4v) is 2.52. The third-order valence-electron chi connectivity index (χ3n) is 3.78. The van der Waals surface area contributed by atoms with E-state index < -0.39 is 0 Å². The van der Waals surface area contributed by atoms with Crippen LogP contribution >= 0.6 is 0 Å². The average molecular weight is 289 g/mol. The lowest BCUT2D eigenvalue weighted by Crippen LogP contribution is -2.37. The number of rotatable bonds is 5. The van der Waals surface area contributed by atoms with E-state index in [-0.39, 0.29) is 6.03 Å². The first-order valence-corrected chi connectivity index (χ1v) is 8.01. The lowest BCUT2D eigenvalue weighted by Gasteiger charge is -2.28. The fourth-order valence-electron chi connectivity index (χ4n) is 2.52. The normalized spacial score (nSPS) is 15.1. The molecule has 1 saturated heterocycles. The lowest BCUT2D eigenvalue weighted by atomic mass is 10.1. The molecule has 0 unspecified atom stereocenters. The van der Waals surface area contributed by atoms with Gasteiger partial charge in [0.2, 0.25) is 0 Å². The van der Waals surface area contributed by atoms with Crippen LogP contribution in [0.25, 0.3) is 0 Å². The van der Waals surface area contributed by atoms with Gasteiger partial charge in [-0.2, -0.15) is 0 Å². The van der Waals surface area contributed by atoms with Crippen LogP contribution in [0.15, 0.2) is 24.3 Å². The molecule has 0 radical (unpaired) electrons. The molecule has 1 aromatic rings. The zero-order chi connectivity index (χ0) is 15.1. The number of carbonyl (C=O) groups excluding carboxylic acids is 1. The number of carbonyl (C=O) groups is 1. The molecule has 0 aliphatic carbocycles. The van der Waals surface area contributed by atoms with E-state index in [2.05, 4.69) is 53.6 Å². The summed E-state index contributed by atoms with van der Waals surface area (Å²) in [6.07, 6.45) is 3.93. The number of nitrogens with one attached hydrogen (secondary N) is 2. The van der Waals surface area contributed by atoms with Crippen molar-refractivity contribution in [3.8, 4) is 0 Å². The Morgan fingerprint density at radius 1 is 1.10 bits per heavy atom. The van der Waals surface area contributed by atoms with Gasteiger partial charge in [-0.25, -0.2) is 4.79 Å². The van der Waals surface area contributed by atoms with Crippen molar-refractivity contribution in [1.82, 2.24) is 10.6 Å². The average Bonchev–Trinajstić information content (AvgIpc) is 2.52. The van der Waals surface area contributed by atoms with Crippen molar-refractivity contribution < 1.29 is 4.79 Å². The monoisotopic (exact) mass is 289 g/mol. The quantitative estimate of drug-likeness (QED) is 0.874. The Hall–Kier alpha value is -1.71. The van der Waals surface area contributed by atoms with Crippen LogP contribution in [-0.4, -0.2) is 25.7 Å². The van der Waals surface area contributed by atoms with Crippen molar-refractivity contribution in [3.63, 3.8) is 0 Å². The van der Waals surface area contributed by atoms with Gasteiger partial charge in [-0.1, -0.05) is 26.0 Å². The lowest BCUT2D eigenvalue weighted by molar-refractivity contribution is 0.239. The predicted molar refractivity (Wildman–Crippen MR) is 87.6 cm³/mol. The summed E-state index contributed by atoms with van der Waals surface area (Å²) in [5.74, 6) is 0.472. The van der Waals surface area contributed by atoms with Gasteiger partial charge in [-0.3, -0.25) is 0 Å². The Bertz CT molecular complexity index is 436. The summed E-state index contributed by atoms with van der Waals surface area (Å²) in [7, 11) is 0. The summed E-state index contributed by atoms with van der Waals surface area (Å²) in [4.78, 5) is 14.0. The summed E-state index contributed by atoms with van der Waals surface area (Å²) < 4.78 is 0. The zero-order valence-corrected chi connectivity index (χ0v) is 13.2. The molecule has 116 valence electrons. The predicted octanol–water partition coefficient (Wildman–Crippen LogP) is 3.13. The van der Waals surface area contributed by atoms with Gasteiger partial charge < -0.3 is 15.5 Å². The second-order valence-corrected chi connectivity index (χ2v) is 6.17. The SMILES string of the molecule is CC(C)CNC(=O)NCc1ccc(N2CCCCC2)cc1. The second kappa shape index (κ2) is 7.91. The topological polar surface area (TPSA) is 44.4 Å². The number of nitrogens with zero attached hydrogens (tertiary/aromatic N) is 1. The van der Waals surface area contributed by atoms with Crippen molar-refractivity contribution in [3.05, 3.63) is 29.8 Å². The number of hydrogen-bond acceptors (Lipinski definition) is 2. The standard InChI is InChI=1S/C17H27N3O/c1-14(2)12-18-17(21)19-13-15-6-8-16(9-7-15)20-10-4-3-5-11-20/h6-9,14H,3-5,10-13H2,1-2H3,(H2,18,19,21). The molecule has 1 aliphatic rings. The Labute approximate surface area is 127 Å². The molecule has 2 rings (SSSR count). The summed E-state index contributed by atoms with van der Waals surface area (Å²) in [5.41, 5.74) is 2.43. The fraction of sp³-hybridized carbons (Fsp3) is 0.588. The van der Waals surface area contributed by atoms with Crippen molar-refractivity contribution in [2.45, 2.75) is 39.7 Å². The largest absolute Gasteiger partial charge is 0.372 e. The minimum atomic E-state index is -0.0937. The Morgan fingerprint density at radius 2 is 1.76 bits per heavy atom. The van der Waals surface area contributed by atoms with E-state index in [1.54, 1.807) is 0 Å². The van der Waals surface area contributed by atoms with Crippen molar-refractivity contribution in [2.75, 3.05) is 24.5 Å². The van der Waals surface area contributed by atoms with Crippen molar-refractivity contribution >= 4 is 11.7 Å². The first-order chi connectivity index (χ1) is 10.1. The molecule has 2 N–H and O–H groups in total. The molecule has 1 heterocycles. The highest BCUT2D eigenvalue weighted by Gasteiger charge is 2.10. The first kappa shape index (κ1) is 15.7. The van der Waals surface area contributed by atoms with E-state index in [0.717, 1.165) is 18.7 Å². The maximum Gasteiger partial charge on any atom is 0.315 e. The summed E-state index contributed by atoms with van der Waals surface area (Å²) in [6, 6.07) is 8.44. The smallest absolute Gasteiger partial charge is 0.315 e. The van der Waals surface area contributed by atoms with Gasteiger partial charge in [0.25, 0.3) is 0 Å². The van der Waals surface area contributed by atoms with E-state index in [1.165, 1.54) is 24.9 Å². The van der Waals surface area contributed by atoms with Crippen LogP contribution in [0, 0.1) is 5.92 Å². The Kier molecular flexibility index (Phi) is 5.90. The number of anilines is 1. The third-order valence-corrected chi connectivity index (χ3v) is 3.78. The molecule has 1 fully saturated rings. The molecular weight excluding hydrogens is 262 g/mol. The molecule has 0 atom stereocenters. The van der Waals surface area contributed by atoms with E-state index in [1.807, 2.05) is 0 Å². The van der Waals surface area contributed by atoms with Gasteiger partial charge in [0.05, 0.1) is 0 Å². The summed E-state index contributed by atoms with van der Waals surface area (Å²) in [6.45, 7) is 7.77. The number of amides is 2. The molecule has 21 heavy (non-hydrogen) atoms. The van der Waals surface area contributed by atoms with E-state index >= 15 is 0 Å². The van der Waals surface area contributed by atoms with Crippen molar-refractivity contribution in [1.29, 1.82) is 0 Å². The third kappa shape index (κ3) is 5.29. The van der Waals surface area contributed by atoms with Crippen molar-refractivity contribution in [2.24, 2.45) is 5.92 Å². The van der Waals surface area contributed by atoms with E-state index in [0.29, 0.717) is 19.0 Å². The molecule has 0 bridgehead atoms. The Balaban J connectivity index is 1.78. The highest BCUT2D eigenvalue weighted by atomic mass is 16.2. The minimum Gasteiger partial charge on any atom is -0.372 e. The van der Waals surface area contributed by atoms with Crippen LogP contribution in [0.4, 0.5) is 10.5 Å². The second-order valence-electron chi connectivity index (χ2n) is 6.17. The van der Waals surface area contributed by atoms with Gasteiger partial charge in [-0.05, 0) is 42.9 Å². The highest BCUT2D eigenvalue weighted by Crippen LogP contribution is 2.20.